The summed E-state index contributed by atoms with van der Waals surface area (Å²) in [7, 11) is 0. The van der Waals surface area contributed by atoms with Gasteiger partial charge in [-0.05, 0) is 42.7 Å². The number of aromatic nitrogens is 1. The Balaban J connectivity index is 2.10. The van der Waals surface area contributed by atoms with Crippen LogP contribution in [0, 0.1) is 6.92 Å². The SMILES string of the molecule is Cc1c(C(=O)O)[nH]c(/C=C2\C(=O)Nc3cc(Cl)ccc32)c1CCC(=O)O. The topological polar surface area (TPSA) is 119 Å². The largest absolute Gasteiger partial charge is 0.481 e. The lowest BCUT2D eigenvalue weighted by Gasteiger charge is -2.02. The molecule has 26 heavy (non-hydrogen) atoms. The number of carbonyl (C=O) groups excluding carboxylic acids is 1. The van der Waals surface area contributed by atoms with Gasteiger partial charge in [0.25, 0.3) is 5.91 Å². The normalized spacial score (nSPS) is 14.4. The average molecular weight is 375 g/mol. The van der Waals surface area contributed by atoms with Gasteiger partial charge in [-0.3, -0.25) is 9.59 Å². The number of hydrogen-bond acceptors (Lipinski definition) is 3. The lowest BCUT2D eigenvalue weighted by Crippen LogP contribution is -2.04. The summed E-state index contributed by atoms with van der Waals surface area (Å²) in [6.07, 6.45) is 1.55. The van der Waals surface area contributed by atoms with Crippen molar-refractivity contribution >= 4 is 46.8 Å². The number of carboxylic acids is 2. The number of anilines is 1. The first-order valence-corrected chi connectivity index (χ1v) is 8.15. The predicted molar refractivity (Wildman–Crippen MR) is 96.4 cm³/mol. The van der Waals surface area contributed by atoms with Gasteiger partial charge in [-0.1, -0.05) is 17.7 Å². The third kappa shape index (κ3) is 3.21. The Morgan fingerprint density at radius 2 is 2.00 bits per heavy atom. The molecule has 3 rings (SSSR count). The molecular formula is C18H15ClN2O5. The number of rotatable bonds is 5. The van der Waals surface area contributed by atoms with Crippen LogP contribution in [0.1, 0.15) is 39.3 Å². The number of hydrogen-bond donors (Lipinski definition) is 4. The van der Waals surface area contributed by atoms with Gasteiger partial charge in [0.15, 0.2) is 0 Å². The second-order valence-electron chi connectivity index (χ2n) is 5.92. The highest BCUT2D eigenvalue weighted by Gasteiger charge is 2.26. The summed E-state index contributed by atoms with van der Waals surface area (Å²) in [6.45, 7) is 1.61. The van der Waals surface area contributed by atoms with E-state index in [4.69, 9.17) is 16.7 Å². The van der Waals surface area contributed by atoms with Gasteiger partial charge in [0.2, 0.25) is 0 Å². The molecule has 1 aromatic heterocycles. The van der Waals surface area contributed by atoms with E-state index in [1.54, 1.807) is 31.2 Å². The molecule has 0 radical (unpaired) electrons. The molecule has 1 amide bonds. The number of benzene rings is 1. The molecule has 0 aliphatic carbocycles. The number of carboxylic acid groups (broad SMARTS) is 2. The van der Waals surface area contributed by atoms with Crippen LogP contribution in [-0.4, -0.2) is 33.0 Å². The second kappa shape index (κ2) is 6.68. The number of nitrogens with one attached hydrogen (secondary N) is 2. The van der Waals surface area contributed by atoms with Crippen molar-refractivity contribution in [3.05, 3.63) is 51.3 Å². The summed E-state index contributed by atoms with van der Waals surface area (Å²) in [5.74, 6) is -2.47. The van der Waals surface area contributed by atoms with Crippen molar-refractivity contribution in [1.29, 1.82) is 0 Å². The van der Waals surface area contributed by atoms with Crippen LogP contribution in [0.25, 0.3) is 11.6 Å². The molecule has 1 aliphatic rings. The van der Waals surface area contributed by atoms with E-state index in [0.29, 0.717) is 38.7 Å². The average Bonchev–Trinajstić information content (AvgIpc) is 3.03. The van der Waals surface area contributed by atoms with E-state index in [2.05, 4.69) is 10.3 Å². The maximum absolute atomic E-state index is 12.3. The summed E-state index contributed by atoms with van der Waals surface area (Å²) in [6, 6.07) is 4.98. The fourth-order valence-corrected chi connectivity index (χ4v) is 3.17. The number of carbonyl (C=O) groups is 3. The Morgan fingerprint density at radius 1 is 1.27 bits per heavy atom. The van der Waals surface area contributed by atoms with Crippen LogP contribution in [0.2, 0.25) is 5.02 Å². The zero-order valence-electron chi connectivity index (χ0n) is 13.7. The second-order valence-corrected chi connectivity index (χ2v) is 6.35. The lowest BCUT2D eigenvalue weighted by atomic mass is 10.0. The Hall–Kier alpha value is -3.06. The van der Waals surface area contributed by atoms with Gasteiger partial charge in [0, 0.05) is 22.7 Å². The molecular weight excluding hydrogens is 360 g/mol. The van der Waals surface area contributed by atoms with Gasteiger partial charge >= 0.3 is 11.9 Å². The molecule has 0 saturated heterocycles. The quantitative estimate of drug-likeness (QED) is 0.599. The van der Waals surface area contributed by atoms with E-state index < -0.39 is 11.9 Å². The van der Waals surface area contributed by atoms with E-state index >= 15 is 0 Å². The molecule has 134 valence electrons. The smallest absolute Gasteiger partial charge is 0.352 e. The number of aliphatic carboxylic acids is 1. The predicted octanol–water partition coefficient (Wildman–Crippen LogP) is 3.18. The van der Waals surface area contributed by atoms with Crippen molar-refractivity contribution < 1.29 is 24.6 Å². The minimum absolute atomic E-state index is 0.0213. The van der Waals surface area contributed by atoms with Crippen LogP contribution in [0.3, 0.4) is 0 Å². The molecule has 2 heterocycles. The summed E-state index contributed by atoms with van der Waals surface area (Å²) in [5, 5.41) is 21.4. The first-order valence-electron chi connectivity index (χ1n) is 7.77. The highest BCUT2D eigenvalue weighted by Crippen LogP contribution is 2.35. The fourth-order valence-electron chi connectivity index (χ4n) is 3.00. The summed E-state index contributed by atoms with van der Waals surface area (Å²) in [5.41, 5.74) is 2.98. The molecule has 0 spiro atoms. The van der Waals surface area contributed by atoms with Gasteiger partial charge in [-0.25, -0.2) is 4.79 Å². The van der Waals surface area contributed by atoms with Gasteiger partial charge in [0.05, 0.1) is 11.3 Å². The zero-order valence-corrected chi connectivity index (χ0v) is 14.5. The number of fused-ring (bicyclic) bond motifs is 1. The first kappa shape index (κ1) is 17.8. The van der Waals surface area contributed by atoms with Crippen LogP contribution >= 0.6 is 11.6 Å². The monoisotopic (exact) mass is 374 g/mol. The molecule has 0 atom stereocenters. The van der Waals surface area contributed by atoms with E-state index in [1.807, 2.05) is 0 Å². The summed E-state index contributed by atoms with van der Waals surface area (Å²) in [4.78, 5) is 37.4. The molecule has 0 fully saturated rings. The number of aromatic amines is 1. The third-order valence-corrected chi connectivity index (χ3v) is 4.50. The maximum atomic E-state index is 12.3. The molecule has 0 bridgehead atoms. The molecule has 0 saturated carbocycles. The van der Waals surface area contributed by atoms with E-state index in [9.17, 15) is 19.5 Å². The molecule has 1 aliphatic heterocycles. The molecule has 0 unspecified atom stereocenters. The maximum Gasteiger partial charge on any atom is 0.352 e. The molecule has 8 heteroatoms. The van der Waals surface area contributed by atoms with Crippen LogP contribution in [0.15, 0.2) is 18.2 Å². The Labute approximate surface area is 153 Å². The molecule has 1 aromatic carbocycles. The molecule has 7 nitrogen and oxygen atoms in total. The minimum Gasteiger partial charge on any atom is -0.481 e. The van der Waals surface area contributed by atoms with Crippen LogP contribution < -0.4 is 5.32 Å². The first-order chi connectivity index (χ1) is 12.3. The van der Waals surface area contributed by atoms with Crippen molar-refractivity contribution in [2.45, 2.75) is 19.8 Å². The number of H-pyrrole nitrogens is 1. The van der Waals surface area contributed by atoms with Gasteiger partial charge < -0.3 is 20.5 Å². The van der Waals surface area contributed by atoms with Gasteiger partial charge in [-0.15, -0.1) is 0 Å². The van der Waals surface area contributed by atoms with Crippen molar-refractivity contribution in [3.63, 3.8) is 0 Å². The Morgan fingerprint density at radius 3 is 2.65 bits per heavy atom. The number of halogens is 1. The highest BCUT2D eigenvalue weighted by molar-refractivity contribution is 6.36. The van der Waals surface area contributed by atoms with Crippen LogP contribution in [0.5, 0.6) is 0 Å². The van der Waals surface area contributed by atoms with Crippen LogP contribution in [0.4, 0.5) is 5.69 Å². The standard InChI is InChI=1S/C18H15ClN2O5/c1-8-10(4-5-15(22)23)14(20-16(8)18(25)26)7-12-11-3-2-9(19)6-13(11)21-17(12)24/h2-3,6-7,20H,4-5H2,1H3,(H,21,24)(H,22,23)(H,25,26)/b12-7-. The molecule has 4 N–H and O–H groups in total. The van der Waals surface area contributed by atoms with Gasteiger partial charge in [0.1, 0.15) is 5.69 Å². The number of amides is 1. The van der Waals surface area contributed by atoms with Crippen molar-refractivity contribution in [2.75, 3.05) is 5.32 Å². The van der Waals surface area contributed by atoms with Crippen molar-refractivity contribution in [3.8, 4) is 0 Å². The van der Waals surface area contributed by atoms with E-state index in [-0.39, 0.29) is 24.4 Å². The summed E-state index contributed by atoms with van der Waals surface area (Å²) >= 11 is 5.94. The fraction of sp³-hybridized carbons (Fsp3) is 0.167. The third-order valence-electron chi connectivity index (χ3n) is 4.27. The van der Waals surface area contributed by atoms with Crippen molar-refractivity contribution in [1.82, 2.24) is 4.98 Å². The summed E-state index contributed by atoms with van der Waals surface area (Å²) < 4.78 is 0. The van der Waals surface area contributed by atoms with Crippen LogP contribution in [-0.2, 0) is 16.0 Å². The number of aromatic carboxylic acids is 1. The Kier molecular flexibility index (Phi) is 4.56. The van der Waals surface area contributed by atoms with E-state index in [1.165, 1.54) is 0 Å². The zero-order chi connectivity index (χ0) is 19.0. The Bertz CT molecular complexity index is 974. The van der Waals surface area contributed by atoms with E-state index in [0.717, 1.165) is 0 Å². The lowest BCUT2D eigenvalue weighted by molar-refractivity contribution is -0.137. The van der Waals surface area contributed by atoms with Crippen molar-refractivity contribution in [2.24, 2.45) is 0 Å². The van der Waals surface area contributed by atoms with Gasteiger partial charge in [-0.2, -0.15) is 0 Å². The minimum atomic E-state index is -1.15. The highest BCUT2D eigenvalue weighted by atomic mass is 35.5. The molecule has 2 aromatic rings.